The number of fused-ring (bicyclic) bond motifs is 2. The number of hydrogen-bond donors (Lipinski definition) is 0. The zero-order valence-electron chi connectivity index (χ0n) is 20.3. The van der Waals surface area contributed by atoms with Crippen molar-refractivity contribution in [2.75, 3.05) is 19.7 Å². The molecule has 0 radical (unpaired) electrons. The quantitative estimate of drug-likeness (QED) is 0.370. The number of hydrogen-bond acceptors (Lipinski definition) is 5. The van der Waals surface area contributed by atoms with E-state index in [2.05, 4.69) is 45.2 Å². The molecule has 0 fully saturated rings. The molecule has 0 atom stereocenters. The number of aromatic nitrogens is 1. The minimum absolute atomic E-state index is 0.149. The number of amides is 1. The number of benzene rings is 1. The van der Waals surface area contributed by atoms with E-state index in [0.717, 1.165) is 40.6 Å². The second kappa shape index (κ2) is 10.5. The van der Waals surface area contributed by atoms with Crippen molar-refractivity contribution in [2.45, 2.75) is 40.5 Å². The number of nitrogens with zero attached hydrogens (tertiary/aromatic N) is 2. The van der Waals surface area contributed by atoms with E-state index in [1.165, 1.54) is 4.88 Å². The highest BCUT2D eigenvalue weighted by Gasteiger charge is 2.28. The summed E-state index contributed by atoms with van der Waals surface area (Å²) in [5.74, 6) is 0.0948. The standard InChI is InChI=1S/C28H32N2O3S/c1-18(2)15-30(16-19(3)4)25(31)17-33-28(32)26-22-9-5-6-10-24(22)29-27-20(11-12-23(26)27)14-21-8-7-13-34-21/h5-10,13-14,18-19H,11-12,15-17H2,1-4H3. The summed E-state index contributed by atoms with van der Waals surface area (Å²) in [6.07, 6.45) is 3.72. The van der Waals surface area contributed by atoms with Gasteiger partial charge in [0.05, 0.1) is 16.8 Å². The summed E-state index contributed by atoms with van der Waals surface area (Å²) in [6, 6.07) is 11.8. The first kappa shape index (κ1) is 24.1. The molecule has 0 saturated heterocycles. The molecule has 1 amide bonds. The minimum Gasteiger partial charge on any atom is -0.452 e. The molecule has 4 rings (SSSR count). The molecule has 0 saturated carbocycles. The number of allylic oxidation sites excluding steroid dienone is 1. The van der Waals surface area contributed by atoms with Gasteiger partial charge in [-0.1, -0.05) is 52.0 Å². The van der Waals surface area contributed by atoms with Gasteiger partial charge in [0.25, 0.3) is 5.91 Å². The van der Waals surface area contributed by atoms with Crippen molar-refractivity contribution >= 4 is 45.8 Å². The molecular weight excluding hydrogens is 444 g/mol. The van der Waals surface area contributed by atoms with Gasteiger partial charge in [0.1, 0.15) is 0 Å². The van der Waals surface area contributed by atoms with Crippen LogP contribution in [-0.4, -0.2) is 41.5 Å². The van der Waals surface area contributed by atoms with E-state index in [1.807, 2.05) is 30.3 Å². The normalized spacial score (nSPS) is 14.2. The average molecular weight is 477 g/mol. The fourth-order valence-electron chi connectivity index (χ4n) is 4.51. The van der Waals surface area contributed by atoms with Crippen LogP contribution in [0, 0.1) is 11.8 Å². The molecule has 34 heavy (non-hydrogen) atoms. The largest absolute Gasteiger partial charge is 0.452 e. The summed E-state index contributed by atoms with van der Waals surface area (Å²) in [7, 11) is 0. The first-order valence-corrected chi connectivity index (χ1v) is 12.8. The number of carbonyl (C=O) groups excluding carboxylic acids is 2. The number of ether oxygens (including phenoxy) is 1. The van der Waals surface area contributed by atoms with Crippen molar-refractivity contribution in [1.82, 2.24) is 9.88 Å². The highest BCUT2D eigenvalue weighted by atomic mass is 32.1. The average Bonchev–Trinajstić information content (AvgIpc) is 3.45. The Kier molecular flexibility index (Phi) is 7.47. The molecule has 1 aliphatic carbocycles. The highest BCUT2D eigenvalue weighted by molar-refractivity contribution is 7.10. The fourth-order valence-corrected chi connectivity index (χ4v) is 5.19. The van der Waals surface area contributed by atoms with Crippen molar-refractivity contribution in [2.24, 2.45) is 11.8 Å². The van der Waals surface area contributed by atoms with Crippen LogP contribution in [0.2, 0.25) is 0 Å². The Hall–Kier alpha value is -2.99. The van der Waals surface area contributed by atoms with Gasteiger partial charge < -0.3 is 9.64 Å². The number of rotatable bonds is 8. The number of thiophene rings is 1. The summed E-state index contributed by atoms with van der Waals surface area (Å²) >= 11 is 1.68. The predicted octanol–water partition coefficient (Wildman–Crippen LogP) is 6.08. The van der Waals surface area contributed by atoms with Crippen molar-refractivity contribution in [1.29, 1.82) is 0 Å². The van der Waals surface area contributed by atoms with E-state index >= 15 is 0 Å². The number of carbonyl (C=O) groups is 2. The second-order valence-corrected chi connectivity index (χ2v) is 10.7. The second-order valence-electron chi connectivity index (χ2n) is 9.68. The monoisotopic (exact) mass is 476 g/mol. The molecule has 2 aromatic heterocycles. The van der Waals surface area contributed by atoms with Crippen LogP contribution < -0.4 is 0 Å². The van der Waals surface area contributed by atoms with Gasteiger partial charge in [0, 0.05) is 23.4 Å². The molecule has 0 N–H and O–H groups in total. The van der Waals surface area contributed by atoms with Crippen molar-refractivity contribution in [3.05, 3.63) is 63.5 Å². The Morgan fingerprint density at radius 1 is 1.06 bits per heavy atom. The summed E-state index contributed by atoms with van der Waals surface area (Å²) in [6.45, 7) is 9.39. The SMILES string of the molecule is CC(C)CN(CC(C)C)C(=O)COC(=O)c1c2c(nc3ccccc13)C(=Cc1cccs1)CC2. The predicted molar refractivity (Wildman–Crippen MR) is 139 cm³/mol. The first-order chi connectivity index (χ1) is 16.3. The maximum Gasteiger partial charge on any atom is 0.339 e. The number of esters is 1. The Morgan fingerprint density at radius 3 is 2.47 bits per heavy atom. The lowest BCUT2D eigenvalue weighted by Gasteiger charge is -2.26. The van der Waals surface area contributed by atoms with Gasteiger partial charge in [-0.2, -0.15) is 0 Å². The third-order valence-corrected chi connectivity index (χ3v) is 6.68. The summed E-state index contributed by atoms with van der Waals surface area (Å²) in [5.41, 5.74) is 4.22. The third kappa shape index (κ3) is 5.39. The Labute approximate surface area is 205 Å². The van der Waals surface area contributed by atoms with Crippen LogP contribution in [0.4, 0.5) is 0 Å². The molecule has 2 heterocycles. The molecule has 1 aliphatic rings. The zero-order valence-corrected chi connectivity index (χ0v) is 21.2. The maximum atomic E-state index is 13.4. The van der Waals surface area contributed by atoms with E-state index < -0.39 is 5.97 Å². The van der Waals surface area contributed by atoms with E-state index in [4.69, 9.17) is 9.72 Å². The first-order valence-electron chi connectivity index (χ1n) is 11.9. The van der Waals surface area contributed by atoms with E-state index in [-0.39, 0.29) is 12.5 Å². The molecule has 5 nitrogen and oxygen atoms in total. The van der Waals surface area contributed by atoms with Gasteiger partial charge in [-0.25, -0.2) is 9.78 Å². The lowest BCUT2D eigenvalue weighted by atomic mass is 10.0. The third-order valence-electron chi connectivity index (χ3n) is 5.86. The Balaban J connectivity index is 1.62. The van der Waals surface area contributed by atoms with Gasteiger partial charge in [-0.05, 0) is 59.4 Å². The Morgan fingerprint density at radius 2 is 1.79 bits per heavy atom. The fraction of sp³-hybridized carbons (Fsp3) is 0.393. The Bertz CT molecular complexity index is 1200. The topological polar surface area (TPSA) is 59.5 Å². The molecule has 1 aromatic carbocycles. The molecule has 3 aromatic rings. The van der Waals surface area contributed by atoms with Crippen molar-refractivity contribution in [3.63, 3.8) is 0 Å². The van der Waals surface area contributed by atoms with Crippen molar-refractivity contribution in [3.8, 4) is 0 Å². The van der Waals surface area contributed by atoms with Gasteiger partial charge in [-0.3, -0.25) is 4.79 Å². The van der Waals surface area contributed by atoms with Crippen LogP contribution in [0.1, 0.15) is 60.6 Å². The number of para-hydroxylation sites is 1. The lowest BCUT2D eigenvalue weighted by molar-refractivity contribution is -0.135. The van der Waals surface area contributed by atoms with Crippen LogP contribution in [0.25, 0.3) is 22.6 Å². The summed E-state index contributed by atoms with van der Waals surface area (Å²) in [5, 5.41) is 2.83. The molecule has 0 aliphatic heterocycles. The molecule has 0 spiro atoms. The van der Waals surface area contributed by atoms with Crippen LogP contribution in [0.5, 0.6) is 0 Å². The molecule has 6 heteroatoms. The lowest BCUT2D eigenvalue weighted by Crippen LogP contribution is -2.39. The van der Waals surface area contributed by atoms with Gasteiger partial charge in [-0.15, -0.1) is 11.3 Å². The van der Waals surface area contributed by atoms with Crippen LogP contribution in [-0.2, 0) is 16.0 Å². The van der Waals surface area contributed by atoms with Gasteiger partial charge >= 0.3 is 5.97 Å². The smallest absolute Gasteiger partial charge is 0.339 e. The van der Waals surface area contributed by atoms with E-state index in [0.29, 0.717) is 30.5 Å². The molecule has 178 valence electrons. The van der Waals surface area contributed by atoms with E-state index in [9.17, 15) is 9.59 Å². The van der Waals surface area contributed by atoms with E-state index in [1.54, 1.807) is 16.2 Å². The minimum atomic E-state index is -0.449. The highest BCUT2D eigenvalue weighted by Crippen LogP contribution is 2.38. The summed E-state index contributed by atoms with van der Waals surface area (Å²) in [4.78, 5) is 34.2. The van der Waals surface area contributed by atoms with Crippen LogP contribution in [0.3, 0.4) is 0 Å². The maximum absolute atomic E-state index is 13.4. The van der Waals surface area contributed by atoms with Crippen LogP contribution >= 0.6 is 11.3 Å². The molecule has 0 bridgehead atoms. The molecule has 0 unspecified atom stereocenters. The van der Waals surface area contributed by atoms with Gasteiger partial charge in [0.2, 0.25) is 0 Å². The molecular formula is C28H32N2O3S. The zero-order chi connectivity index (χ0) is 24.2. The van der Waals surface area contributed by atoms with Crippen molar-refractivity contribution < 1.29 is 14.3 Å². The summed E-state index contributed by atoms with van der Waals surface area (Å²) < 4.78 is 5.63. The van der Waals surface area contributed by atoms with Gasteiger partial charge in [0.15, 0.2) is 6.61 Å². The van der Waals surface area contributed by atoms with Crippen LogP contribution in [0.15, 0.2) is 41.8 Å². The number of pyridine rings is 1.